The Morgan fingerprint density at radius 3 is 2.39 bits per heavy atom. The maximum atomic E-state index is 5.84. The lowest BCUT2D eigenvalue weighted by Gasteiger charge is -2.27. The molecule has 3 rings (SSSR count). The molecule has 98 valence electrons. The van der Waals surface area contributed by atoms with Gasteiger partial charge in [0, 0.05) is 19.4 Å². The van der Waals surface area contributed by atoms with Gasteiger partial charge in [-0.15, -0.1) is 0 Å². The first-order valence-corrected chi connectivity index (χ1v) is 6.68. The SMILES string of the molecule is Cc1cc2c(cc1C1(C)CCCN1)OC(C)(C)O2. The Bertz CT molecular complexity index is 488. The summed E-state index contributed by atoms with van der Waals surface area (Å²) in [6, 6.07) is 4.25. The minimum Gasteiger partial charge on any atom is -0.449 e. The summed E-state index contributed by atoms with van der Waals surface area (Å²) in [7, 11) is 0. The minimum atomic E-state index is -0.544. The molecular weight excluding hydrogens is 226 g/mol. The fourth-order valence-corrected chi connectivity index (χ4v) is 3.09. The van der Waals surface area contributed by atoms with Crippen LogP contribution in [0, 0.1) is 6.92 Å². The van der Waals surface area contributed by atoms with Crippen LogP contribution in [0.3, 0.4) is 0 Å². The van der Waals surface area contributed by atoms with Crippen LogP contribution in [-0.2, 0) is 5.54 Å². The van der Waals surface area contributed by atoms with Gasteiger partial charge in [0.05, 0.1) is 0 Å². The van der Waals surface area contributed by atoms with E-state index in [-0.39, 0.29) is 5.54 Å². The van der Waals surface area contributed by atoms with Crippen LogP contribution >= 0.6 is 0 Å². The topological polar surface area (TPSA) is 30.5 Å². The molecule has 0 radical (unpaired) electrons. The fraction of sp³-hybridized carbons (Fsp3) is 0.600. The highest BCUT2D eigenvalue weighted by molar-refractivity contribution is 5.51. The smallest absolute Gasteiger partial charge is 0.246 e. The highest BCUT2D eigenvalue weighted by atomic mass is 16.7. The maximum absolute atomic E-state index is 5.84. The Hall–Kier alpha value is -1.22. The van der Waals surface area contributed by atoms with Crippen LogP contribution in [0.5, 0.6) is 11.5 Å². The standard InChI is InChI=1S/C15H21NO2/c1-10-8-12-13(18-14(2,3)17-12)9-11(10)15(4)6-5-7-16-15/h8-9,16H,5-7H2,1-4H3. The summed E-state index contributed by atoms with van der Waals surface area (Å²) in [5.74, 6) is 1.19. The van der Waals surface area contributed by atoms with Gasteiger partial charge in [0.25, 0.3) is 0 Å². The summed E-state index contributed by atoms with van der Waals surface area (Å²) < 4.78 is 11.6. The zero-order chi connectivity index (χ0) is 13.0. The first kappa shape index (κ1) is 11.8. The first-order valence-electron chi connectivity index (χ1n) is 6.68. The molecule has 0 saturated carbocycles. The molecule has 1 saturated heterocycles. The molecule has 0 bridgehead atoms. The Morgan fingerprint density at radius 2 is 1.78 bits per heavy atom. The molecule has 1 atom stereocenters. The Kier molecular flexibility index (Phi) is 2.39. The second kappa shape index (κ2) is 3.64. The minimum absolute atomic E-state index is 0.0786. The van der Waals surface area contributed by atoms with Crippen LogP contribution in [0.4, 0.5) is 0 Å². The lowest BCUT2D eigenvalue weighted by atomic mass is 9.87. The van der Waals surface area contributed by atoms with Gasteiger partial charge in [0.1, 0.15) is 0 Å². The largest absolute Gasteiger partial charge is 0.449 e. The number of aryl methyl sites for hydroxylation is 1. The van der Waals surface area contributed by atoms with Gasteiger partial charge >= 0.3 is 0 Å². The predicted octanol–water partition coefficient (Wildman–Crippen LogP) is 3.10. The van der Waals surface area contributed by atoms with Gasteiger partial charge in [-0.2, -0.15) is 0 Å². The van der Waals surface area contributed by atoms with Crippen LogP contribution < -0.4 is 14.8 Å². The van der Waals surface area contributed by atoms with Crippen molar-refractivity contribution in [1.82, 2.24) is 5.32 Å². The van der Waals surface area contributed by atoms with Crippen LogP contribution in [0.1, 0.15) is 44.7 Å². The second-order valence-electron chi connectivity index (χ2n) is 6.08. The zero-order valence-corrected chi connectivity index (χ0v) is 11.6. The maximum Gasteiger partial charge on any atom is 0.246 e. The van der Waals surface area contributed by atoms with Crippen LogP contribution in [-0.4, -0.2) is 12.3 Å². The molecule has 2 heterocycles. The molecule has 0 aliphatic carbocycles. The van der Waals surface area contributed by atoms with Gasteiger partial charge in [0.15, 0.2) is 11.5 Å². The summed E-state index contributed by atoms with van der Waals surface area (Å²) >= 11 is 0. The van der Waals surface area contributed by atoms with E-state index in [0.29, 0.717) is 0 Å². The lowest BCUT2D eigenvalue weighted by Crippen LogP contribution is -2.33. The van der Waals surface area contributed by atoms with Gasteiger partial charge in [-0.05, 0) is 56.5 Å². The number of hydrogen-bond acceptors (Lipinski definition) is 3. The van der Waals surface area contributed by atoms with E-state index in [1.54, 1.807) is 0 Å². The van der Waals surface area contributed by atoms with Crippen molar-refractivity contribution in [2.75, 3.05) is 6.54 Å². The van der Waals surface area contributed by atoms with Crippen LogP contribution in [0.2, 0.25) is 0 Å². The van der Waals surface area contributed by atoms with Gasteiger partial charge in [0.2, 0.25) is 5.79 Å². The van der Waals surface area contributed by atoms with E-state index in [1.165, 1.54) is 24.0 Å². The monoisotopic (exact) mass is 247 g/mol. The van der Waals surface area contributed by atoms with E-state index in [0.717, 1.165) is 18.0 Å². The zero-order valence-electron chi connectivity index (χ0n) is 11.6. The molecule has 0 amide bonds. The number of rotatable bonds is 1. The lowest BCUT2D eigenvalue weighted by molar-refractivity contribution is -0.0431. The molecule has 1 fully saturated rings. The molecule has 1 N–H and O–H groups in total. The highest BCUT2D eigenvalue weighted by Crippen LogP contribution is 2.44. The third-order valence-corrected chi connectivity index (χ3v) is 3.97. The average molecular weight is 247 g/mol. The molecular formula is C15H21NO2. The number of hydrogen-bond donors (Lipinski definition) is 1. The van der Waals surface area contributed by atoms with Crippen molar-refractivity contribution in [2.24, 2.45) is 0 Å². The van der Waals surface area contributed by atoms with E-state index in [1.807, 2.05) is 13.8 Å². The molecule has 0 aromatic heterocycles. The second-order valence-corrected chi connectivity index (χ2v) is 6.08. The van der Waals surface area contributed by atoms with Crippen molar-refractivity contribution in [3.63, 3.8) is 0 Å². The van der Waals surface area contributed by atoms with E-state index in [4.69, 9.17) is 9.47 Å². The quantitative estimate of drug-likeness (QED) is 0.827. The van der Waals surface area contributed by atoms with Crippen molar-refractivity contribution in [2.45, 2.75) is 51.9 Å². The van der Waals surface area contributed by atoms with Gasteiger partial charge in [-0.1, -0.05) is 0 Å². The van der Waals surface area contributed by atoms with E-state index in [9.17, 15) is 0 Å². The van der Waals surface area contributed by atoms with E-state index >= 15 is 0 Å². The third kappa shape index (κ3) is 1.77. The summed E-state index contributed by atoms with van der Waals surface area (Å²) in [5.41, 5.74) is 2.68. The van der Waals surface area contributed by atoms with Crippen molar-refractivity contribution < 1.29 is 9.47 Å². The molecule has 2 aliphatic heterocycles. The van der Waals surface area contributed by atoms with Gasteiger partial charge in [-0.25, -0.2) is 0 Å². The van der Waals surface area contributed by atoms with Crippen LogP contribution in [0.15, 0.2) is 12.1 Å². The molecule has 18 heavy (non-hydrogen) atoms. The summed E-state index contributed by atoms with van der Waals surface area (Å²) in [6.07, 6.45) is 2.41. The molecule has 1 unspecified atom stereocenters. The Labute approximate surface area is 108 Å². The van der Waals surface area contributed by atoms with E-state index < -0.39 is 5.79 Å². The van der Waals surface area contributed by atoms with Crippen LogP contribution in [0.25, 0.3) is 0 Å². The molecule has 2 aliphatic rings. The Morgan fingerprint density at radius 1 is 1.11 bits per heavy atom. The molecule has 0 spiro atoms. The number of benzene rings is 1. The summed E-state index contributed by atoms with van der Waals surface area (Å²) in [6.45, 7) is 9.40. The van der Waals surface area contributed by atoms with Crippen molar-refractivity contribution in [1.29, 1.82) is 0 Å². The van der Waals surface area contributed by atoms with Crippen molar-refractivity contribution in [3.8, 4) is 11.5 Å². The number of fused-ring (bicyclic) bond motifs is 1. The van der Waals surface area contributed by atoms with Crippen molar-refractivity contribution >= 4 is 0 Å². The summed E-state index contributed by atoms with van der Waals surface area (Å²) in [5, 5.41) is 3.61. The fourth-order valence-electron chi connectivity index (χ4n) is 3.09. The Balaban J connectivity index is 2.04. The summed E-state index contributed by atoms with van der Waals surface area (Å²) in [4.78, 5) is 0. The molecule has 3 heteroatoms. The highest BCUT2D eigenvalue weighted by Gasteiger charge is 2.36. The third-order valence-electron chi connectivity index (χ3n) is 3.97. The van der Waals surface area contributed by atoms with Crippen molar-refractivity contribution in [3.05, 3.63) is 23.3 Å². The predicted molar refractivity (Wildman–Crippen MR) is 71.1 cm³/mol. The average Bonchev–Trinajstić information content (AvgIpc) is 2.80. The molecule has 1 aromatic carbocycles. The number of ether oxygens (including phenoxy) is 2. The van der Waals surface area contributed by atoms with Gasteiger partial charge < -0.3 is 14.8 Å². The van der Waals surface area contributed by atoms with E-state index in [2.05, 4.69) is 31.3 Å². The number of nitrogens with one attached hydrogen (secondary N) is 1. The molecule has 3 nitrogen and oxygen atoms in total. The normalized spacial score (nSPS) is 28.7. The molecule has 1 aromatic rings. The first-order chi connectivity index (χ1) is 8.40. The van der Waals surface area contributed by atoms with Gasteiger partial charge in [-0.3, -0.25) is 0 Å².